The number of aliphatic hydroxyl groups is 1. The number of hydrogen-bond donors (Lipinski definition) is 1. The van der Waals surface area contributed by atoms with Crippen molar-refractivity contribution in [2.24, 2.45) is 0 Å². The van der Waals surface area contributed by atoms with E-state index in [0.717, 1.165) is 29.5 Å². The van der Waals surface area contributed by atoms with Crippen LogP contribution in [0.3, 0.4) is 0 Å². The molecule has 0 amide bonds. The van der Waals surface area contributed by atoms with Crippen molar-refractivity contribution >= 4 is 11.9 Å². The Labute approximate surface area is 184 Å². The Bertz CT molecular complexity index is 910. The number of carbonyl (C=O) groups is 2. The third kappa shape index (κ3) is 7.23. The molecular weight excluding hydrogens is 392 g/mol. The molecule has 5 nitrogen and oxygen atoms in total. The summed E-state index contributed by atoms with van der Waals surface area (Å²) in [5, 5.41) is 9.03. The fourth-order valence-electron chi connectivity index (χ4n) is 2.98. The van der Waals surface area contributed by atoms with E-state index in [9.17, 15) is 9.59 Å². The third-order valence-electron chi connectivity index (χ3n) is 4.87. The van der Waals surface area contributed by atoms with Crippen LogP contribution < -0.4 is 0 Å². The smallest absolute Gasteiger partial charge is 0.335 e. The van der Waals surface area contributed by atoms with Gasteiger partial charge in [0.15, 0.2) is 0 Å². The number of benzene rings is 2. The molecule has 0 aliphatic heterocycles. The van der Waals surface area contributed by atoms with Gasteiger partial charge in [0.1, 0.15) is 13.2 Å². The van der Waals surface area contributed by atoms with Crippen molar-refractivity contribution in [1.82, 2.24) is 0 Å². The molecule has 31 heavy (non-hydrogen) atoms. The number of esters is 2. The van der Waals surface area contributed by atoms with E-state index in [0.29, 0.717) is 5.57 Å². The van der Waals surface area contributed by atoms with Crippen LogP contribution in [0.15, 0.2) is 72.8 Å². The van der Waals surface area contributed by atoms with E-state index >= 15 is 0 Å². The van der Waals surface area contributed by atoms with Crippen molar-refractivity contribution in [3.8, 4) is 11.1 Å². The van der Waals surface area contributed by atoms with E-state index in [-0.39, 0.29) is 24.7 Å². The molecule has 2 rings (SSSR count). The van der Waals surface area contributed by atoms with Gasteiger partial charge in [0.05, 0.1) is 18.1 Å². The molecule has 1 unspecified atom stereocenters. The Morgan fingerprint density at radius 3 is 1.90 bits per heavy atom. The molecule has 0 radical (unpaired) electrons. The summed E-state index contributed by atoms with van der Waals surface area (Å²) < 4.78 is 10.5. The fraction of sp³-hybridized carbons (Fsp3) is 0.308. The van der Waals surface area contributed by atoms with Crippen molar-refractivity contribution in [2.75, 3.05) is 19.8 Å². The third-order valence-corrected chi connectivity index (χ3v) is 4.87. The van der Waals surface area contributed by atoms with E-state index in [4.69, 9.17) is 14.6 Å². The minimum Gasteiger partial charge on any atom is -0.462 e. The molecule has 2 aromatic carbocycles. The van der Waals surface area contributed by atoms with Crippen LogP contribution in [0.2, 0.25) is 0 Å². The Morgan fingerprint density at radius 2 is 1.42 bits per heavy atom. The van der Waals surface area contributed by atoms with Gasteiger partial charge in [-0.15, -0.1) is 0 Å². The second-order valence-electron chi connectivity index (χ2n) is 7.50. The molecule has 5 heteroatoms. The van der Waals surface area contributed by atoms with Gasteiger partial charge in [0.25, 0.3) is 0 Å². The van der Waals surface area contributed by atoms with E-state index in [1.54, 1.807) is 6.92 Å². The van der Waals surface area contributed by atoms with E-state index in [2.05, 4.69) is 44.3 Å². The molecule has 1 atom stereocenters. The molecule has 0 fully saturated rings. The maximum absolute atomic E-state index is 11.9. The summed E-state index contributed by atoms with van der Waals surface area (Å²) in [4.78, 5) is 23.7. The lowest BCUT2D eigenvalue weighted by molar-refractivity contribution is -0.142. The zero-order valence-electron chi connectivity index (χ0n) is 18.2. The first-order valence-corrected chi connectivity index (χ1v) is 10.3. The highest BCUT2D eigenvalue weighted by molar-refractivity contribution is 5.88. The molecule has 0 saturated carbocycles. The number of aliphatic hydroxyl groups excluding tert-OH is 1. The fourth-order valence-corrected chi connectivity index (χ4v) is 2.98. The highest BCUT2D eigenvalue weighted by atomic mass is 16.5. The lowest BCUT2D eigenvalue weighted by Crippen LogP contribution is -2.21. The summed E-state index contributed by atoms with van der Waals surface area (Å²) in [6, 6.07) is 16.3. The monoisotopic (exact) mass is 422 g/mol. The zero-order chi connectivity index (χ0) is 22.8. The van der Waals surface area contributed by atoms with Crippen LogP contribution in [-0.2, 0) is 25.5 Å². The summed E-state index contributed by atoms with van der Waals surface area (Å²) >= 11 is 0. The quantitative estimate of drug-likeness (QED) is 0.423. The Morgan fingerprint density at radius 1 is 0.903 bits per heavy atom. The lowest BCUT2D eigenvalue weighted by atomic mass is 9.96. The van der Waals surface area contributed by atoms with Crippen molar-refractivity contribution in [3.05, 3.63) is 84.0 Å². The lowest BCUT2D eigenvalue weighted by Gasteiger charge is -2.18. The molecule has 1 N–H and O–H groups in total. The molecule has 0 bridgehead atoms. The van der Waals surface area contributed by atoms with Crippen LogP contribution in [0.5, 0.6) is 0 Å². The molecule has 0 aromatic heterocycles. The first kappa shape index (κ1) is 24.1. The molecule has 0 saturated heterocycles. The second kappa shape index (κ2) is 11.9. The minimum absolute atomic E-state index is 0.00755. The summed E-state index contributed by atoms with van der Waals surface area (Å²) in [6.07, 6.45) is 2.17. The average Bonchev–Trinajstić information content (AvgIpc) is 2.79. The summed E-state index contributed by atoms with van der Waals surface area (Å²) in [5.74, 6) is -1.54. The second-order valence-corrected chi connectivity index (χ2v) is 7.50. The van der Waals surface area contributed by atoms with Gasteiger partial charge in [-0.1, -0.05) is 75.0 Å². The van der Waals surface area contributed by atoms with Crippen LogP contribution in [0.1, 0.15) is 37.3 Å². The first-order valence-electron chi connectivity index (χ1n) is 10.3. The van der Waals surface area contributed by atoms with Gasteiger partial charge in [0.2, 0.25) is 0 Å². The molecule has 0 aliphatic carbocycles. The Kier molecular flexibility index (Phi) is 9.22. The van der Waals surface area contributed by atoms with E-state index in [1.807, 2.05) is 24.3 Å². The van der Waals surface area contributed by atoms with Crippen molar-refractivity contribution in [3.63, 3.8) is 0 Å². The SMILES string of the molecule is C=C(C)C(=O)OCC(COC(=O)C(=C)CO)c1ccc(-c2ccc(CCC)cc2)cc1. The molecule has 164 valence electrons. The molecule has 0 spiro atoms. The standard InChI is InChI=1S/C26H30O5/c1-5-6-20-7-9-21(10-8-20)22-11-13-23(14-12-22)24(16-30-25(28)18(2)3)17-31-26(29)19(4)15-27/h7-14,24,27H,2,4-6,15-17H2,1,3H3. The van der Waals surface area contributed by atoms with E-state index < -0.39 is 18.5 Å². The number of ether oxygens (including phenoxy) is 2. The maximum Gasteiger partial charge on any atom is 0.335 e. The molecular formula is C26H30O5. The highest BCUT2D eigenvalue weighted by Crippen LogP contribution is 2.24. The van der Waals surface area contributed by atoms with E-state index in [1.165, 1.54) is 5.56 Å². The highest BCUT2D eigenvalue weighted by Gasteiger charge is 2.18. The van der Waals surface area contributed by atoms with Gasteiger partial charge in [0, 0.05) is 5.57 Å². The van der Waals surface area contributed by atoms with Crippen molar-refractivity contribution in [2.45, 2.75) is 32.6 Å². The van der Waals surface area contributed by atoms with Gasteiger partial charge in [-0.05, 0) is 35.6 Å². The van der Waals surface area contributed by atoms with Crippen molar-refractivity contribution < 1.29 is 24.2 Å². The molecule has 0 heterocycles. The number of rotatable bonds is 11. The van der Waals surface area contributed by atoms with Crippen LogP contribution in [0, 0.1) is 0 Å². The van der Waals surface area contributed by atoms with Crippen LogP contribution in [0.25, 0.3) is 11.1 Å². The minimum atomic E-state index is -0.678. The van der Waals surface area contributed by atoms with Crippen LogP contribution in [0.4, 0.5) is 0 Å². The number of hydrogen-bond acceptors (Lipinski definition) is 5. The predicted molar refractivity (Wildman–Crippen MR) is 122 cm³/mol. The average molecular weight is 423 g/mol. The topological polar surface area (TPSA) is 72.8 Å². The molecule has 0 aliphatic rings. The van der Waals surface area contributed by atoms with Gasteiger partial charge < -0.3 is 14.6 Å². The normalized spacial score (nSPS) is 11.5. The Balaban J connectivity index is 2.15. The maximum atomic E-state index is 11.9. The first-order chi connectivity index (χ1) is 14.8. The van der Waals surface area contributed by atoms with Crippen LogP contribution in [-0.4, -0.2) is 36.9 Å². The van der Waals surface area contributed by atoms with Crippen LogP contribution >= 0.6 is 0 Å². The predicted octanol–water partition coefficient (Wildman–Crippen LogP) is 4.60. The Hall–Kier alpha value is -3.18. The summed E-state index contributed by atoms with van der Waals surface area (Å²) in [7, 11) is 0. The van der Waals surface area contributed by atoms with Gasteiger partial charge in [-0.25, -0.2) is 9.59 Å². The number of carbonyl (C=O) groups excluding carboxylic acids is 2. The van der Waals surface area contributed by atoms with Gasteiger partial charge in [-0.2, -0.15) is 0 Å². The largest absolute Gasteiger partial charge is 0.462 e. The number of aryl methyl sites for hydroxylation is 1. The van der Waals surface area contributed by atoms with Crippen molar-refractivity contribution in [1.29, 1.82) is 0 Å². The summed E-state index contributed by atoms with van der Waals surface area (Å²) in [5.41, 5.74) is 4.63. The summed E-state index contributed by atoms with van der Waals surface area (Å²) in [6.45, 7) is 10.3. The zero-order valence-corrected chi connectivity index (χ0v) is 18.2. The van der Waals surface area contributed by atoms with Gasteiger partial charge in [-0.3, -0.25) is 0 Å². The molecule has 2 aromatic rings. The van der Waals surface area contributed by atoms with Gasteiger partial charge >= 0.3 is 11.9 Å².